The summed E-state index contributed by atoms with van der Waals surface area (Å²) in [7, 11) is 1.82. The quantitative estimate of drug-likeness (QED) is 0.574. The molecule has 0 amide bonds. The first-order valence-electron chi connectivity index (χ1n) is 8.14. The summed E-state index contributed by atoms with van der Waals surface area (Å²) in [5.41, 5.74) is 4.70. The van der Waals surface area contributed by atoms with Crippen LogP contribution in [-0.2, 0) is 5.41 Å². The molecular formula is C19H30N4S. The van der Waals surface area contributed by atoms with Gasteiger partial charge in [0.25, 0.3) is 0 Å². The zero-order chi connectivity index (χ0) is 18.2. The zero-order valence-corrected chi connectivity index (χ0v) is 16.4. The van der Waals surface area contributed by atoms with Gasteiger partial charge in [0.05, 0.1) is 5.71 Å². The van der Waals surface area contributed by atoms with E-state index in [9.17, 15) is 0 Å². The number of nitrogens with one attached hydrogen (secondary N) is 2. The Bertz CT molecular complexity index is 595. The van der Waals surface area contributed by atoms with E-state index in [1.54, 1.807) is 6.26 Å². The van der Waals surface area contributed by atoms with E-state index >= 15 is 0 Å². The molecule has 0 bridgehead atoms. The fourth-order valence-corrected chi connectivity index (χ4v) is 2.54. The van der Waals surface area contributed by atoms with E-state index in [2.05, 4.69) is 85.0 Å². The third-order valence-corrected chi connectivity index (χ3v) is 3.92. The molecule has 1 fully saturated rings. The molecule has 0 radical (unpaired) electrons. The molecule has 132 valence electrons. The highest BCUT2D eigenvalue weighted by Crippen LogP contribution is 2.25. The van der Waals surface area contributed by atoms with Crippen molar-refractivity contribution in [1.82, 2.24) is 5.32 Å². The molecule has 2 N–H and O–H groups in total. The first-order chi connectivity index (χ1) is 11.5. The maximum Gasteiger partial charge on any atom is 0.134 e. The molecule has 0 aromatic heterocycles. The molecule has 0 saturated carbocycles. The van der Waals surface area contributed by atoms with Gasteiger partial charge in [0.1, 0.15) is 5.82 Å². The molecule has 0 spiro atoms. The second-order valence-electron chi connectivity index (χ2n) is 6.53. The number of nitrogens with zero attached hydrogens (tertiary/aromatic N) is 2. The minimum absolute atomic E-state index is 0.160. The van der Waals surface area contributed by atoms with Gasteiger partial charge in [-0.15, -0.1) is 0 Å². The van der Waals surface area contributed by atoms with E-state index in [1.165, 1.54) is 5.56 Å². The van der Waals surface area contributed by atoms with Gasteiger partial charge in [-0.05, 0) is 49.1 Å². The van der Waals surface area contributed by atoms with Crippen LogP contribution in [0.3, 0.4) is 0 Å². The zero-order valence-electron chi connectivity index (χ0n) is 15.5. The Kier molecular flexibility index (Phi) is 8.22. The number of hydrogen-bond acceptors (Lipinski definition) is 5. The van der Waals surface area contributed by atoms with E-state index in [1.807, 2.05) is 7.05 Å². The number of hydrogen-bond donors (Lipinski definition) is 3. The Morgan fingerprint density at radius 2 is 1.83 bits per heavy atom. The standard InChI is InChI=1S/C18H26N4.CH4S/c1-18(2,3)13-6-8-14(9-7-13)22-17(20-5)15-10-11-21-12-16(15)19-4;1-2/h6-9,21-22H,5,10-12H2,1-4H3;2H,1H3/b17-15+,19-16?;. The fourth-order valence-electron chi connectivity index (χ4n) is 2.54. The van der Waals surface area contributed by atoms with Gasteiger partial charge in [-0.1, -0.05) is 32.9 Å². The van der Waals surface area contributed by atoms with Gasteiger partial charge in [0.15, 0.2) is 0 Å². The lowest BCUT2D eigenvalue weighted by atomic mass is 9.87. The smallest absolute Gasteiger partial charge is 0.134 e. The molecule has 1 saturated heterocycles. The second-order valence-corrected chi connectivity index (χ2v) is 6.53. The molecule has 1 aromatic carbocycles. The number of piperidine rings is 1. The number of aliphatic imine (C=N–C) groups is 2. The molecule has 2 rings (SSSR count). The van der Waals surface area contributed by atoms with Crippen molar-refractivity contribution in [3.63, 3.8) is 0 Å². The molecule has 4 nitrogen and oxygen atoms in total. The Morgan fingerprint density at radius 1 is 1.21 bits per heavy atom. The number of benzene rings is 1. The second kappa shape index (κ2) is 9.64. The number of rotatable bonds is 3. The molecule has 24 heavy (non-hydrogen) atoms. The summed E-state index contributed by atoms with van der Waals surface area (Å²) in [5.74, 6) is 0.811. The summed E-state index contributed by atoms with van der Waals surface area (Å²) >= 11 is 3.53. The van der Waals surface area contributed by atoms with Gasteiger partial charge in [0.2, 0.25) is 0 Å². The SMILES string of the molecule is C=N/C(Nc1ccc(C(C)(C)C)cc1)=C1/CCNCC1=NC.CS. The van der Waals surface area contributed by atoms with Crippen molar-refractivity contribution < 1.29 is 0 Å². The first kappa shape index (κ1) is 20.5. The summed E-state index contributed by atoms with van der Waals surface area (Å²) < 4.78 is 0. The normalized spacial score (nSPS) is 18.5. The van der Waals surface area contributed by atoms with Gasteiger partial charge < -0.3 is 10.6 Å². The molecule has 0 aliphatic carbocycles. The van der Waals surface area contributed by atoms with E-state index in [-0.39, 0.29) is 5.41 Å². The van der Waals surface area contributed by atoms with E-state index in [4.69, 9.17) is 0 Å². The van der Waals surface area contributed by atoms with Gasteiger partial charge in [-0.25, -0.2) is 4.99 Å². The number of anilines is 1. The van der Waals surface area contributed by atoms with Crippen LogP contribution in [-0.4, -0.2) is 38.8 Å². The molecule has 1 aliphatic rings. The summed E-state index contributed by atoms with van der Waals surface area (Å²) in [6, 6.07) is 8.50. The van der Waals surface area contributed by atoms with Crippen LogP contribution in [0.15, 0.2) is 45.6 Å². The maximum absolute atomic E-state index is 4.35. The van der Waals surface area contributed by atoms with Gasteiger partial charge in [-0.3, -0.25) is 4.99 Å². The van der Waals surface area contributed by atoms with Gasteiger partial charge >= 0.3 is 0 Å². The van der Waals surface area contributed by atoms with Crippen molar-refractivity contribution in [3.8, 4) is 0 Å². The predicted octanol–water partition coefficient (Wildman–Crippen LogP) is 3.92. The highest BCUT2D eigenvalue weighted by atomic mass is 32.1. The lowest BCUT2D eigenvalue weighted by Gasteiger charge is -2.22. The fraction of sp³-hybridized carbons (Fsp3) is 0.474. The first-order valence-corrected chi connectivity index (χ1v) is 9.04. The molecule has 1 aliphatic heterocycles. The van der Waals surface area contributed by atoms with Gasteiger partial charge in [0, 0.05) is 24.9 Å². The van der Waals surface area contributed by atoms with Crippen LogP contribution in [0.25, 0.3) is 0 Å². The summed E-state index contributed by atoms with van der Waals surface area (Å²) in [6.07, 6.45) is 2.61. The van der Waals surface area contributed by atoms with Crippen molar-refractivity contribution >= 4 is 30.7 Å². The van der Waals surface area contributed by atoms with Crippen LogP contribution in [0, 0.1) is 0 Å². The topological polar surface area (TPSA) is 48.8 Å². The monoisotopic (exact) mass is 346 g/mol. The highest BCUT2D eigenvalue weighted by Gasteiger charge is 2.17. The van der Waals surface area contributed by atoms with Crippen LogP contribution in [0.1, 0.15) is 32.8 Å². The molecular weight excluding hydrogens is 316 g/mol. The van der Waals surface area contributed by atoms with Gasteiger partial charge in [-0.2, -0.15) is 12.6 Å². The lowest BCUT2D eigenvalue weighted by molar-refractivity contribution is 0.590. The third-order valence-electron chi connectivity index (χ3n) is 3.92. The van der Waals surface area contributed by atoms with Crippen molar-refractivity contribution in [1.29, 1.82) is 0 Å². The summed E-state index contributed by atoms with van der Waals surface area (Å²) in [6.45, 7) is 12.1. The Morgan fingerprint density at radius 3 is 2.33 bits per heavy atom. The largest absolute Gasteiger partial charge is 0.340 e. The van der Waals surface area contributed by atoms with Crippen LogP contribution >= 0.6 is 12.6 Å². The number of thiol groups is 1. The molecule has 1 heterocycles. The van der Waals surface area contributed by atoms with Crippen molar-refractivity contribution in [2.24, 2.45) is 9.98 Å². The van der Waals surface area contributed by atoms with Crippen LogP contribution in [0.5, 0.6) is 0 Å². The average Bonchev–Trinajstić information content (AvgIpc) is 2.61. The summed E-state index contributed by atoms with van der Waals surface area (Å²) in [5, 5.41) is 6.71. The third kappa shape index (κ3) is 5.49. The van der Waals surface area contributed by atoms with Crippen molar-refractivity contribution in [3.05, 3.63) is 41.2 Å². The maximum atomic E-state index is 4.35. The molecule has 0 unspecified atom stereocenters. The Hall–Kier alpha value is -1.59. The predicted molar refractivity (Wildman–Crippen MR) is 111 cm³/mol. The van der Waals surface area contributed by atoms with Crippen LogP contribution < -0.4 is 10.6 Å². The Balaban J connectivity index is 0.00000139. The molecule has 1 aromatic rings. The minimum Gasteiger partial charge on any atom is -0.340 e. The summed E-state index contributed by atoms with van der Waals surface area (Å²) in [4.78, 5) is 8.54. The van der Waals surface area contributed by atoms with Crippen LogP contribution in [0.4, 0.5) is 5.69 Å². The molecule has 5 heteroatoms. The van der Waals surface area contributed by atoms with Crippen molar-refractivity contribution in [2.45, 2.75) is 32.6 Å². The van der Waals surface area contributed by atoms with Crippen molar-refractivity contribution in [2.75, 3.05) is 31.7 Å². The molecule has 0 atom stereocenters. The average molecular weight is 347 g/mol. The van der Waals surface area contributed by atoms with E-state index in [0.717, 1.165) is 42.3 Å². The minimum atomic E-state index is 0.160. The van der Waals surface area contributed by atoms with E-state index in [0.29, 0.717) is 0 Å². The van der Waals surface area contributed by atoms with E-state index < -0.39 is 0 Å². The lowest BCUT2D eigenvalue weighted by Crippen LogP contribution is -2.33. The van der Waals surface area contributed by atoms with Crippen LogP contribution in [0.2, 0.25) is 0 Å². The highest BCUT2D eigenvalue weighted by molar-refractivity contribution is 7.79. The Labute approximate surface area is 152 Å².